The van der Waals surface area contributed by atoms with Crippen LogP contribution in [0.5, 0.6) is 0 Å². The van der Waals surface area contributed by atoms with Crippen molar-refractivity contribution in [2.24, 2.45) is 29.1 Å². The van der Waals surface area contributed by atoms with E-state index in [1.807, 2.05) is 0 Å². The predicted molar refractivity (Wildman–Crippen MR) is 86.8 cm³/mol. The lowest BCUT2D eigenvalue weighted by Gasteiger charge is -2.57. The molecular formula is C19H35N. The summed E-state index contributed by atoms with van der Waals surface area (Å²) in [6.45, 7) is 8.17. The third kappa shape index (κ3) is 3.24. The maximum atomic E-state index is 3.81. The van der Waals surface area contributed by atoms with Crippen LogP contribution in [-0.2, 0) is 0 Å². The van der Waals surface area contributed by atoms with Gasteiger partial charge >= 0.3 is 0 Å². The molecule has 0 amide bonds. The zero-order valence-corrected chi connectivity index (χ0v) is 14.0. The molecule has 0 saturated heterocycles. The molecule has 0 aromatic carbocycles. The summed E-state index contributed by atoms with van der Waals surface area (Å²) in [5.74, 6) is 4.17. The quantitative estimate of drug-likeness (QED) is 0.690. The van der Waals surface area contributed by atoms with Crippen LogP contribution in [0.25, 0.3) is 0 Å². The van der Waals surface area contributed by atoms with Gasteiger partial charge in [0, 0.05) is 6.04 Å². The minimum absolute atomic E-state index is 0.749. The van der Waals surface area contributed by atoms with Crippen molar-refractivity contribution in [3.63, 3.8) is 0 Å². The molecule has 0 aromatic heterocycles. The number of rotatable bonds is 7. The van der Waals surface area contributed by atoms with E-state index in [-0.39, 0.29) is 0 Å². The summed E-state index contributed by atoms with van der Waals surface area (Å²) >= 11 is 0. The third-order valence-corrected chi connectivity index (χ3v) is 6.43. The molecule has 4 fully saturated rings. The Morgan fingerprint density at radius 3 is 1.95 bits per heavy atom. The van der Waals surface area contributed by atoms with Crippen molar-refractivity contribution in [3.05, 3.63) is 0 Å². The van der Waals surface area contributed by atoms with Crippen LogP contribution >= 0.6 is 0 Å². The number of hydrogen-bond acceptors (Lipinski definition) is 1. The second-order valence-electron chi connectivity index (χ2n) is 8.85. The van der Waals surface area contributed by atoms with Gasteiger partial charge in [-0.25, -0.2) is 0 Å². The highest BCUT2D eigenvalue weighted by Gasteiger charge is 2.51. The molecule has 4 aliphatic carbocycles. The zero-order valence-electron chi connectivity index (χ0n) is 14.0. The molecule has 1 heteroatoms. The van der Waals surface area contributed by atoms with Crippen LogP contribution in [-0.4, -0.2) is 12.6 Å². The molecule has 0 heterocycles. The topological polar surface area (TPSA) is 12.0 Å². The van der Waals surface area contributed by atoms with Crippen LogP contribution < -0.4 is 5.32 Å². The van der Waals surface area contributed by atoms with Gasteiger partial charge in [-0.15, -0.1) is 0 Å². The standard InChI is InChI=1S/C19H35N/c1-4-20-18(6-5-14(2)3)13-19-10-15-7-16(11-19)9-17(8-15)12-19/h14-18,20H,4-13H2,1-3H3. The van der Waals surface area contributed by atoms with Crippen LogP contribution in [0.4, 0.5) is 0 Å². The lowest BCUT2D eigenvalue weighted by Crippen LogP contribution is -2.49. The van der Waals surface area contributed by atoms with Crippen LogP contribution in [0.15, 0.2) is 0 Å². The highest BCUT2D eigenvalue weighted by Crippen LogP contribution is 2.61. The maximum Gasteiger partial charge on any atom is 0.00723 e. The Kier molecular flexibility index (Phi) is 4.45. The lowest BCUT2D eigenvalue weighted by molar-refractivity contribution is -0.0624. The van der Waals surface area contributed by atoms with E-state index >= 15 is 0 Å². The van der Waals surface area contributed by atoms with E-state index in [0.717, 1.165) is 41.7 Å². The van der Waals surface area contributed by atoms with Gasteiger partial charge in [-0.2, -0.15) is 0 Å². The monoisotopic (exact) mass is 277 g/mol. The average molecular weight is 277 g/mol. The van der Waals surface area contributed by atoms with E-state index in [0.29, 0.717) is 0 Å². The summed E-state index contributed by atoms with van der Waals surface area (Å²) in [7, 11) is 0. The summed E-state index contributed by atoms with van der Waals surface area (Å²) in [6, 6.07) is 0.790. The summed E-state index contributed by atoms with van der Waals surface area (Å²) < 4.78 is 0. The molecular weight excluding hydrogens is 242 g/mol. The molecule has 4 bridgehead atoms. The van der Waals surface area contributed by atoms with Gasteiger partial charge < -0.3 is 5.32 Å². The van der Waals surface area contributed by atoms with Crippen molar-refractivity contribution in [1.82, 2.24) is 5.32 Å². The highest BCUT2D eigenvalue weighted by molar-refractivity contribution is 5.02. The zero-order chi connectivity index (χ0) is 14.2. The van der Waals surface area contributed by atoms with Gasteiger partial charge in [0.1, 0.15) is 0 Å². The Labute approximate surface area is 126 Å². The van der Waals surface area contributed by atoms with Crippen molar-refractivity contribution in [2.45, 2.75) is 84.6 Å². The molecule has 1 unspecified atom stereocenters. The molecule has 1 atom stereocenters. The molecule has 4 saturated carbocycles. The maximum absolute atomic E-state index is 3.81. The van der Waals surface area contributed by atoms with Gasteiger partial charge in [-0.3, -0.25) is 0 Å². The van der Waals surface area contributed by atoms with Crippen LogP contribution in [0.2, 0.25) is 0 Å². The fourth-order valence-electron chi connectivity index (χ4n) is 6.16. The van der Waals surface area contributed by atoms with Gasteiger partial charge in [-0.05, 0) is 93.4 Å². The van der Waals surface area contributed by atoms with Crippen molar-refractivity contribution >= 4 is 0 Å². The summed E-state index contributed by atoms with van der Waals surface area (Å²) in [5.41, 5.74) is 0.749. The third-order valence-electron chi connectivity index (χ3n) is 6.43. The second-order valence-corrected chi connectivity index (χ2v) is 8.85. The first-order valence-electron chi connectivity index (χ1n) is 9.32. The SMILES string of the molecule is CCNC(CCC(C)C)CC12CC3CC(CC(C3)C1)C2. The van der Waals surface area contributed by atoms with Crippen LogP contribution in [0.1, 0.15) is 78.6 Å². The minimum Gasteiger partial charge on any atom is -0.314 e. The van der Waals surface area contributed by atoms with Crippen molar-refractivity contribution in [3.8, 4) is 0 Å². The Morgan fingerprint density at radius 2 is 1.50 bits per heavy atom. The van der Waals surface area contributed by atoms with Gasteiger partial charge in [0.25, 0.3) is 0 Å². The molecule has 0 aliphatic heterocycles. The normalized spacial score (nSPS) is 40.5. The van der Waals surface area contributed by atoms with Gasteiger partial charge in [-0.1, -0.05) is 20.8 Å². The molecule has 0 radical (unpaired) electrons. The molecule has 20 heavy (non-hydrogen) atoms. The Balaban J connectivity index is 1.62. The van der Waals surface area contributed by atoms with E-state index in [9.17, 15) is 0 Å². The number of hydrogen-bond donors (Lipinski definition) is 1. The Hall–Kier alpha value is -0.0400. The highest BCUT2D eigenvalue weighted by atomic mass is 14.9. The van der Waals surface area contributed by atoms with Gasteiger partial charge in [0.05, 0.1) is 0 Å². The van der Waals surface area contributed by atoms with Crippen molar-refractivity contribution in [2.75, 3.05) is 6.54 Å². The molecule has 0 spiro atoms. The summed E-state index contributed by atoms with van der Waals surface area (Å²) in [5, 5.41) is 3.81. The Bertz CT molecular complexity index is 284. The first kappa shape index (κ1) is 14.9. The molecule has 116 valence electrons. The first-order chi connectivity index (χ1) is 9.58. The molecule has 4 aliphatic rings. The second kappa shape index (κ2) is 5.99. The van der Waals surface area contributed by atoms with Crippen LogP contribution in [0, 0.1) is 29.1 Å². The molecule has 4 rings (SSSR count). The predicted octanol–water partition coefficient (Wildman–Crippen LogP) is 5.01. The van der Waals surface area contributed by atoms with E-state index in [1.54, 1.807) is 38.5 Å². The summed E-state index contributed by atoms with van der Waals surface area (Å²) in [6.07, 6.45) is 13.7. The van der Waals surface area contributed by atoms with Crippen molar-refractivity contribution in [1.29, 1.82) is 0 Å². The smallest absolute Gasteiger partial charge is 0.00723 e. The Morgan fingerprint density at radius 1 is 0.950 bits per heavy atom. The first-order valence-corrected chi connectivity index (χ1v) is 9.32. The minimum atomic E-state index is 0.749. The largest absolute Gasteiger partial charge is 0.314 e. The average Bonchev–Trinajstić information content (AvgIpc) is 2.34. The van der Waals surface area contributed by atoms with Gasteiger partial charge in [0.2, 0.25) is 0 Å². The van der Waals surface area contributed by atoms with E-state index in [2.05, 4.69) is 26.1 Å². The van der Waals surface area contributed by atoms with E-state index in [4.69, 9.17) is 0 Å². The van der Waals surface area contributed by atoms with E-state index in [1.165, 1.54) is 19.3 Å². The fourth-order valence-corrected chi connectivity index (χ4v) is 6.16. The van der Waals surface area contributed by atoms with Gasteiger partial charge in [0.15, 0.2) is 0 Å². The number of nitrogens with one attached hydrogen (secondary N) is 1. The lowest BCUT2D eigenvalue weighted by atomic mass is 9.48. The van der Waals surface area contributed by atoms with Crippen molar-refractivity contribution < 1.29 is 0 Å². The van der Waals surface area contributed by atoms with E-state index < -0.39 is 0 Å². The molecule has 0 aromatic rings. The summed E-state index contributed by atoms with van der Waals surface area (Å²) in [4.78, 5) is 0. The molecule has 1 nitrogen and oxygen atoms in total. The van der Waals surface area contributed by atoms with Crippen LogP contribution in [0.3, 0.4) is 0 Å². The fraction of sp³-hybridized carbons (Fsp3) is 1.00. The molecule has 1 N–H and O–H groups in total.